The number of rotatable bonds is 17. The molecule has 0 aromatic heterocycles. The number of hydrogen-bond donors (Lipinski definition) is 4. The highest BCUT2D eigenvalue weighted by Gasteiger charge is 2.33. The molecule has 0 aliphatic heterocycles. The molecule has 0 aromatic carbocycles. The number of quaternary nitrogens is 1. The van der Waals surface area contributed by atoms with Crippen molar-refractivity contribution in [2.45, 2.75) is 71.0 Å². The fourth-order valence-corrected chi connectivity index (χ4v) is 3.45. The SMILES string of the molecule is C/C=C/CCCC(O)C[N+](CCO)(CCC(=O)O)CC(O)CCC/C=C/C. The molecule has 0 heterocycles. The molecule has 0 aromatic rings. The van der Waals surface area contributed by atoms with Gasteiger partial charge in [-0.15, -0.1) is 0 Å². The van der Waals surface area contributed by atoms with Crippen LogP contribution in [0.3, 0.4) is 0 Å². The van der Waals surface area contributed by atoms with E-state index in [-0.39, 0.29) is 17.5 Å². The lowest BCUT2D eigenvalue weighted by molar-refractivity contribution is -0.933. The summed E-state index contributed by atoms with van der Waals surface area (Å²) in [7, 11) is 0. The molecule has 0 aliphatic rings. The molecule has 0 saturated heterocycles. The van der Waals surface area contributed by atoms with Crippen LogP contribution in [0.25, 0.3) is 0 Å². The molecule has 0 aliphatic carbocycles. The van der Waals surface area contributed by atoms with Gasteiger partial charge in [0.2, 0.25) is 0 Å². The minimum atomic E-state index is -0.902. The van der Waals surface area contributed by atoms with Crippen LogP contribution in [0.2, 0.25) is 0 Å². The predicted octanol–water partition coefficient (Wildman–Crippen LogP) is 2.48. The van der Waals surface area contributed by atoms with Gasteiger partial charge in [-0.25, -0.2) is 0 Å². The van der Waals surface area contributed by atoms with Crippen LogP contribution in [-0.4, -0.2) is 75.9 Å². The van der Waals surface area contributed by atoms with Gasteiger partial charge in [0.05, 0.1) is 19.6 Å². The van der Waals surface area contributed by atoms with E-state index in [1.165, 1.54) is 0 Å². The third-order valence-corrected chi connectivity index (χ3v) is 4.86. The number of hydrogen-bond acceptors (Lipinski definition) is 4. The van der Waals surface area contributed by atoms with E-state index in [0.717, 1.165) is 25.7 Å². The van der Waals surface area contributed by atoms with Gasteiger partial charge in [-0.2, -0.15) is 0 Å². The first-order valence-corrected chi connectivity index (χ1v) is 10.1. The summed E-state index contributed by atoms with van der Waals surface area (Å²) >= 11 is 0. The fourth-order valence-electron chi connectivity index (χ4n) is 3.45. The largest absolute Gasteiger partial charge is 0.481 e. The first-order chi connectivity index (χ1) is 12.9. The van der Waals surface area contributed by atoms with Crippen molar-refractivity contribution in [1.29, 1.82) is 0 Å². The molecule has 4 N–H and O–H groups in total. The van der Waals surface area contributed by atoms with Gasteiger partial charge in [-0.3, -0.25) is 4.79 Å². The lowest BCUT2D eigenvalue weighted by Crippen LogP contribution is -2.58. The third-order valence-electron chi connectivity index (χ3n) is 4.86. The predicted molar refractivity (Wildman–Crippen MR) is 108 cm³/mol. The number of unbranched alkanes of at least 4 members (excludes halogenated alkanes) is 2. The van der Waals surface area contributed by atoms with E-state index in [0.29, 0.717) is 39.0 Å². The standard InChI is InChI=1S/C21H39NO5/c1-3-5-7-9-11-19(24)17-22(15-16-23,14-13-21(26)27)18-20(25)12-10-8-6-4-2/h3-6,19-20,23-25H,7-18H2,1-2H3/p+1/b5-3+,6-4+. The summed E-state index contributed by atoms with van der Waals surface area (Å²) < 4.78 is 0.234. The Morgan fingerprint density at radius 3 is 1.78 bits per heavy atom. The molecule has 6 nitrogen and oxygen atoms in total. The van der Waals surface area contributed by atoms with Crippen molar-refractivity contribution >= 4 is 5.97 Å². The summed E-state index contributed by atoms with van der Waals surface area (Å²) in [5, 5.41) is 39.6. The Morgan fingerprint density at radius 1 is 0.926 bits per heavy atom. The minimum Gasteiger partial charge on any atom is -0.481 e. The lowest BCUT2D eigenvalue weighted by Gasteiger charge is -2.41. The number of aliphatic hydroxyl groups excluding tert-OH is 3. The summed E-state index contributed by atoms with van der Waals surface area (Å²) in [6.45, 7) is 5.17. The maximum Gasteiger partial charge on any atom is 0.309 e. The topological polar surface area (TPSA) is 98.0 Å². The van der Waals surface area contributed by atoms with Crippen LogP contribution in [0.5, 0.6) is 0 Å². The average molecular weight is 387 g/mol. The van der Waals surface area contributed by atoms with Crippen molar-refractivity contribution in [3.8, 4) is 0 Å². The Bertz CT molecular complexity index is 410. The number of carbonyl (C=O) groups is 1. The normalized spacial score (nSPS) is 16.6. The Hall–Kier alpha value is -1.21. The third kappa shape index (κ3) is 13.6. The van der Waals surface area contributed by atoms with E-state index in [2.05, 4.69) is 12.2 Å². The summed E-state index contributed by atoms with van der Waals surface area (Å²) in [4.78, 5) is 11.1. The Kier molecular flexibility index (Phi) is 15.1. The van der Waals surface area contributed by atoms with E-state index in [4.69, 9.17) is 5.11 Å². The number of allylic oxidation sites excluding steroid dienone is 4. The van der Waals surface area contributed by atoms with Crippen LogP contribution in [0.15, 0.2) is 24.3 Å². The van der Waals surface area contributed by atoms with Gasteiger partial charge in [0.25, 0.3) is 0 Å². The Labute approximate surface area is 164 Å². The van der Waals surface area contributed by atoms with Crippen LogP contribution in [0.1, 0.15) is 58.8 Å². The van der Waals surface area contributed by atoms with Gasteiger partial charge in [-0.1, -0.05) is 24.3 Å². The molecule has 2 atom stereocenters. The number of carboxylic acids is 1. The molecular weight excluding hydrogens is 346 g/mol. The molecule has 0 amide bonds. The maximum absolute atomic E-state index is 11.1. The maximum atomic E-state index is 11.1. The first kappa shape index (κ1) is 25.8. The van der Waals surface area contributed by atoms with E-state index in [1.54, 1.807) is 0 Å². The molecule has 2 unspecified atom stereocenters. The second-order valence-electron chi connectivity index (χ2n) is 7.33. The molecule has 0 fully saturated rings. The molecule has 27 heavy (non-hydrogen) atoms. The molecule has 0 spiro atoms. The first-order valence-electron chi connectivity index (χ1n) is 10.1. The molecule has 0 rings (SSSR count). The van der Waals surface area contributed by atoms with Gasteiger partial charge in [0.1, 0.15) is 31.8 Å². The minimum absolute atomic E-state index is 0.0451. The number of aliphatic hydroxyl groups is 3. The zero-order valence-corrected chi connectivity index (χ0v) is 17.1. The van der Waals surface area contributed by atoms with Gasteiger partial charge in [0.15, 0.2) is 0 Å². The van der Waals surface area contributed by atoms with E-state index < -0.39 is 18.2 Å². The molecule has 0 saturated carbocycles. The van der Waals surface area contributed by atoms with E-state index in [1.807, 2.05) is 26.0 Å². The summed E-state index contributed by atoms with van der Waals surface area (Å²) in [5.41, 5.74) is 0. The number of carboxylic acid groups (broad SMARTS) is 1. The van der Waals surface area contributed by atoms with Gasteiger partial charge in [-0.05, 0) is 52.4 Å². The highest BCUT2D eigenvalue weighted by Crippen LogP contribution is 2.17. The number of aliphatic carboxylic acids is 1. The van der Waals surface area contributed by atoms with Gasteiger partial charge < -0.3 is 24.9 Å². The summed E-state index contributed by atoms with van der Waals surface area (Å²) in [6.07, 6.45) is 11.6. The zero-order chi connectivity index (χ0) is 20.5. The van der Waals surface area contributed by atoms with E-state index >= 15 is 0 Å². The summed E-state index contributed by atoms with van der Waals surface area (Å²) in [6, 6.07) is 0. The van der Waals surface area contributed by atoms with Crippen LogP contribution in [0.4, 0.5) is 0 Å². The average Bonchev–Trinajstić information content (AvgIpc) is 2.61. The van der Waals surface area contributed by atoms with Crippen LogP contribution >= 0.6 is 0 Å². The highest BCUT2D eigenvalue weighted by atomic mass is 16.4. The zero-order valence-electron chi connectivity index (χ0n) is 17.1. The lowest BCUT2D eigenvalue weighted by atomic mass is 10.1. The van der Waals surface area contributed by atoms with Gasteiger partial charge >= 0.3 is 5.97 Å². The molecule has 158 valence electrons. The van der Waals surface area contributed by atoms with Crippen molar-refractivity contribution in [2.75, 3.05) is 32.8 Å². The van der Waals surface area contributed by atoms with Crippen LogP contribution in [0, 0.1) is 0 Å². The van der Waals surface area contributed by atoms with Crippen molar-refractivity contribution in [2.24, 2.45) is 0 Å². The monoisotopic (exact) mass is 386 g/mol. The quantitative estimate of drug-likeness (QED) is 0.175. The van der Waals surface area contributed by atoms with Crippen molar-refractivity contribution < 1.29 is 29.7 Å². The molecule has 0 bridgehead atoms. The van der Waals surface area contributed by atoms with Gasteiger partial charge in [0, 0.05) is 0 Å². The molecule has 0 radical (unpaired) electrons. The van der Waals surface area contributed by atoms with E-state index in [9.17, 15) is 20.1 Å². The fraction of sp³-hybridized carbons (Fsp3) is 0.762. The molecule has 6 heteroatoms. The Balaban J connectivity index is 4.93. The highest BCUT2D eigenvalue weighted by molar-refractivity contribution is 5.66. The van der Waals surface area contributed by atoms with Crippen molar-refractivity contribution in [3.05, 3.63) is 24.3 Å². The van der Waals surface area contributed by atoms with Crippen LogP contribution in [-0.2, 0) is 4.79 Å². The van der Waals surface area contributed by atoms with Crippen LogP contribution < -0.4 is 0 Å². The molecular formula is C21H40NO5+. The second-order valence-corrected chi connectivity index (χ2v) is 7.33. The van der Waals surface area contributed by atoms with Crippen molar-refractivity contribution in [1.82, 2.24) is 0 Å². The smallest absolute Gasteiger partial charge is 0.309 e. The second kappa shape index (κ2) is 15.8. The number of nitrogens with zero attached hydrogens (tertiary/aromatic N) is 1. The summed E-state index contributed by atoms with van der Waals surface area (Å²) in [5.74, 6) is -0.902. The van der Waals surface area contributed by atoms with Crippen molar-refractivity contribution in [3.63, 3.8) is 0 Å². The Morgan fingerprint density at radius 2 is 1.41 bits per heavy atom.